The van der Waals surface area contributed by atoms with Crippen LogP contribution in [-0.2, 0) is 10.0 Å². The standard InChI is InChI=1S/C15H21FN2O2S/c1-11-3-4-12(16)9-14(11)21(19,20)18-13-5-8-17-15(10-13)6-2-7-15/h3-4,9,13,17-18H,2,5-8,10H2,1H3. The molecule has 1 aliphatic heterocycles. The second-order valence-corrected chi connectivity index (χ2v) is 7.96. The second-order valence-electron chi connectivity index (χ2n) is 6.28. The van der Waals surface area contributed by atoms with Crippen LogP contribution in [0.2, 0.25) is 0 Å². The topological polar surface area (TPSA) is 58.2 Å². The Morgan fingerprint density at radius 1 is 1.38 bits per heavy atom. The molecule has 1 aromatic carbocycles. The Balaban J connectivity index is 1.78. The first kappa shape index (κ1) is 14.9. The normalized spacial score (nSPS) is 24.8. The van der Waals surface area contributed by atoms with Gasteiger partial charge in [0.2, 0.25) is 10.0 Å². The van der Waals surface area contributed by atoms with E-state index in [1.54, 1.807) is 6.92 Å². The number of rotatable bonds is 3. The predicted molar refractivity (Wildman–Crippen MR) is 79.1 cm³/mol. The Hall–Kier alpha value is -0.980. The molecule has 1 spiro atoms. The summed E-state index contributed by atoms with van der Waals surface area (Å²) in [5.74, 6) is -0.526. The van der Waals surface area contributed by atoms with E-state index in [0.717, 1.165) is 38.3 Å². The number of benzene rings is 1. The van der Waals surface area contributed by atoms with Crippen molar-refractivity contribution in [3.05, 3.63) is 29.6 Å². The van der Waals surface area contributed by atoms with E-state index in [2.05, 4.69) is 10.0 Å². The number of hydrogen-bond acceptors (Lipinski definition) is 3. The van der Waals surface area contributed by atoms with Crippen molar-refractivity contribution in [3.8, 4) is 0 Å². The molecule has 3 rings (SSSR count). The van der Waals surface area contributed by atoms with Crippen LogP contribution in [0.15, 0.2) is 23.1 Å². The highest BCUT2D eigenvalue weighted by atomic mass is 32.2. The lowest BCUT2D eigenvalue weighted by molar-refractivity contribution is 0.126. The first-order valence-corrected chi connectivity index (χ1v) is 8.92. The summed E-state index contributed by atoms with van der Waals surface area (Å²) in [4.78, 5) is 0.0451. The lowest BCUT2D eigenvalue weighted by Gasteiger charge is -2.48. The molecule has 6 heteroatoms. The fourth-order valence-corrected chi connectivity index (χ4v) is 4.92. The van der Waals surface area contributed by atoms with Crippen LogP contribution >= 0.6 is 0 Å². The molecule has 1 heterocycles. The molecule has 1 saturated carbocycles. The molecule has 1 aromatic rings. The molecule has 0 bridgehead atoms. The number of halogens is 1. The van der Waals surface area contributed by atoms with Crippen LogP contribution in [0.5, 0.6) is 0 Å². The van der Waals surface area contributed by atoms with Crippen molar-refractivity contribution >= 4 is 10.0 Å². The van der Waals surface area contributed by atoms with E-state index in [1.807, 2.05) is 0 Å². The van der Waals surface area contributed by atoms with E-state index in [1.165, 1.54) is 18.6 Å². The van der Waals surface area contributed by atoms with Crippen molar-refractivity contribution in [1.82, 2.24) is 10.0 Å². The molecule has 1 unspecified atom stereocenters. The van der Waals surface area contributed by atoms with Crippen molar-refractivity contribution in [2.24, 2.45) is 0 Å². The summed E-state index contributed by atoms with van der Waals surface area (Å²) in [6.07, 6.45) is 5.03. The lowest BCUT2D eigenvalue weighted by atomic mass is 9.70. The molecular weight excluding hydrogens is 291 g/mol. The highest BCUT2D eigenvalue weighted by molar-refractivity contribution is 7.89. The number of nitrogens with one attached hydrogen (secondary N) is 2. The third-order valence-corrected chi connectivity index (χ3v) is 6.36. The molecular formula is C15H21FN2O2S. The van der Waals surface area contributed by atoms with Crippen LogP contribution in [-0.4, -0.2) is 26.5 Å². The minimum atomic E-state index is -3.67. The summed E-state index contributed by atoms with van der Waals surface area (Å²) in [5.41, 5.74) is 0.693. The smallest absolute Gasteiger partial charge is 0.241 e. The average molecular weight is 312 g/mol. The predicted octanol–water partition coefficient (Wildman–Crippen LogP) is 2.09. The zero-order valence-corrected chi connectivity index (χ0v) is 13.0. The summed E-state index contributed by atoms with van der Waals surface area (Å²) in [5, 5.41) is 3.51. The van der Waals surface area contributed by atoms with Crippen LogP contribution < -0.4 is 10.0 Å². The number of sulfonamides is 1. The van der Waals surface area contributed by atoms with Gasteiger partial charge in [-0.2, -0.15) is 0 Å². The molecule has 0 aromatic heterocycles. The zero-order valence-electron chi connectivity index (χ0n) is 12.2. The molecule has 2 fully saturated rings. The van der Waals surface area contributed by atoms with Gasteiger partial charge in [-0.05, 0) is 63.3 Å². The molecule has 4 nitrogen and oxygen atoms in total. The Labute approximate surface area is 125 Å². The maximum atomic E-state index is 13.3. The summed E-state index contributed by atoms with van der Waals surface area (Å²) < 4.78 is 41.1. The molecule has 1 saturated heterocycles. The summed E-state index contributed by atoms with van der Waals surface area (Å²) >= 11 is 0. The fraction of sp³-hybridized carbons (Fsp3) is 0.600. The van der Waals surface area contributed by atoms with Gasteiger partial charge >= 0.3 is 0 Å². The van der Waals surface area contributed by atoms with Gasteiger partial charge in [0.05, 0.1) is 4.90 Å². The number of hydrogen-bond donors (Lipinski definition) is 2. The van der Waals surface area contributed by atoms with Crippen LogP contribution in [0.25, 0.3) is 0 Å². The third kappa shape index (κ3) is 2.98. The van der Waals surface area contributed by atoms with Crippen molar-refractivity contribution in [2.45, 2.75) is 55.5 Å². The van der Waals surface area contributed by atoms with Crippen molar-refractivity contribution in [3.63, 3.8) is 0 Å². The van der Waals surface area contributed by atoms with E-state index >= 15 is 0 Å². The van der Waals surface area contributed by atoms with Gasteiger partial charge in [0.25, 0.3) is 0 Å². The minimum Gasteiger partial charge on any atom is -0.311 e. The Bertz CT molecular complexity index is 641. The first-order valence-electron chi connectivity index (χ1n) is 7.44. The van der Waals surface area contributed by atoms with E-state index in [4.69, 9.17) is 0 Å². The molecule has 116 valence electrons. The Kier molecular flexibility index (Phi) is 3.80. The van der Waals surface area contributed by atoms with Crippen molar-refractivity contribution in [1.29, 1.82) is 0 Å². The summed E-state index contributed by atoms with van der Waals surface area (Å²) in [7, 11) is -3.67. The molecule has 1 atom stereocenters. The Morgan fingerprint density at radius 3 is 2.81 bits per heavy atom. The van der Waals surface area contributed by atoms with Crippen molar-refractivity contribution in [2.75, 3.05) is 6.54 Å². The lowest BCUT2D eigenvalue weighted by Crippen LogP contribution is -2.59. The molecule has 0 radical (unpaired) electrons. The quantitative estimate of drug-likeness (QED) is 0.898. The van der Waals surface area contributed by atoms with E-state index in [-0.39, 0.29) is 16.5 Å². The van der Waals surface area contributed by atoms with Gasteiger partial charge < -0.3 is 5.32 Å². The van der Waals surface area contributed by atoms with Crippen LogP contribution in [0.4, 0.5) is 4.39 Å². The first-order chi connectivity index (χ1) is 9.90. The third-order valence-electron chi connectivity index (χ3n) is 4.70. The van der Waals surface area contributed by atoms with Gasteiger partial charge in [-0.1, -0.05) is 6.07 Å². The van der Waals surface area contributed by atoms with E-state index < -0.39 is 15.8 Å². The van der Waals surface area contributed by atoms with Gasteiger partial charge in [0.1, 0.15) is 5.82 Å². The van der Waals surface area contributed by atoms with Gasteiger partial charge in [-0.25, -0.2) is 17.5 Å². The van der Waals surface area contributed by atoms with Crippen molar-refractivity contribution < 1.29 is 12.8 Å². The molecule has 2 N–H and O–H groups in total. The highest BCUT2D eigenvalue weighted by Crippen LogP contribution is 2.38. The minimum absolute atomic E-state index is 0.0451. The maximum absolute atomic E-state index is 13.3. The zero-order chi connectivity index (χ0) is 15.1. The van der Waals surface area contributed by atoms with Gasteiger partial charge in [0, 0.05) is 11.6 Å². The van der Waals surface area contributed by atoms with E-state index in [0.29, 0.717) is 5.56 Å². The molecule has 0 amide bonds. The summed E-state index contributed by atoms with van der Waals surface area (Å²) in [6.45, 7) is 2.51. The number of aryl methyl sites for hydroxylation is 1. The van der Waals surface area contributed by atoms with Crippen LogP contribution in [0.3, 0.4) is 0 Å². The van der Waals surface area contributed by atoms with Gasteiger partial charge in [0.15, 0.2) is 0 Å². The largest absolute Gasteiger partial charge is 0.311 e. The summed E-state index contributed by atoms with van der Waals surface area (Å²) in [6, 6.07) is 3.80. The highest BCUT2D eigenvalue weighted by Gasteiger charge is 2.41. The van der Waals surface area contributed by atoms with Crippen LogP contribution in [0, 0.1) is 12.7 Å². The second kappa shape index (κ2) is 5.34. The molecule has 2 aliphatic rings. The van der Waals surface area contributed by atoms with E-state index in [9.17, 15) is 12.8 Å². The van der Waals surface area contributed by atoms with Crippen LogP contribution in [0.1, 0.15) is 37.7 Å². The average Bonchev–Trinajstić information content (AvgIpc) is 2.39. The van der Waals surface area contributed by atoms with Gasteiger partial charge in [-0.3, -0.25) is 0 Å². The fourth-order valence-electron chi connectivity index (χ4n) is 3.39. The monoisotopic (exact) mass is 312 g/mol. The molecule has 21 heavy (non-hydrogen) atoms. The Morgan fingerprint density at radius 2 is 2.14 bits per heavy atom. The van der Waals surface area contributed by atoms with Gasteiger partial charge in [-0.15, -0.1) is 0 Å². The maximum Gasteiger partial charge on any atom is 0.241 e. The SMILES string of the molecule is Cc1ccc(F)cc1S(=O)(=O)NC1CCNC2(CCC2)C1. The number of piperidine rings is 1. The molecule has 1 aliphatic carbocycles.